The standard InChI is InChI=1S/C17H15N3OS/c21-17(16(22)13-4-2-1-3-5-13)19-14-6-8-15(9-7-14)20-11-10-18-12-20/h1-12,16,22H,(H,19,21). The Labute approximate surface area is 134 Å². The minimum atomic E-state index is -0.491. The Balaban J connectivity index is 1.69. The van der Waals surface area contributed by atoms with Gasteiger partial charge < -0.3 is 9.88 Å². The van der Waals surface area contributed by atoms with Crippen LogP contribution in [0.3, 0.4) is 0 Å². The average molecular weight is 309 g/mol. The van der Waals surface area contributed by atoms with Crippen LogP contribution >= 0.6 is 12.6 Å². The molecule has 0 fully saturated rings. The van der Waals surface area contributed by atoms with Crippen molar-refractivity contribution in [3.63, 3.8) is 0 Å². The number of rotatable bonds is 4. The maximum atomic E-state index is 12.2. The van der Waals surface area contributed by atoms with E-state index in [9.17, 15) is 4.79 Å². The summed E-state index contributed by atoms with van der Waals surface area (Å²) in [5.74, 6) is -0.148. The van der Waals surface area contributed by atoms with E-state index in [4.69, 9.17) is 0 Å². The molecule has 1 heterocycles. The summed E-state index contributed by atoms with van der Waals surface area (Å²) in [5, 5.41) is 2.38. The third-order valence-electron chi connectivity index (χ3n) is 3.30. The number of imidazole rings is 1. The number of carbonyl (C=O) groups excluding carboxylic acids is 1. The molecule has 1 aromatic heterocycles. The van der Waals surface area contributed by atoms with E-state index in [-0.39, 0.29) is 5.91 Å². The van der Waals surface area contributed by atoms with Gasteiger partial charge in [0, 0.05) is 23.8 Å². The summed E-state index contributed by atoms with van der Waals surface area (Å²) in [6.07, 6.45) is 5.32. The van der Waals surface area contributed by atoms with Gasteiger partial charge in [-0.1, -0.05) is 30.3 Å². The number of aromatic nitrogens is 2. The fraction of sp³-hybridized carbons (Fsp3) is 0.0588. The zero-order chi connectivity index (χ0) is 15.4. The highest BCUT2D eigenvalue weighted by molar-refractivity contribution is 7.81. The minimum Gasteiger partial charge on any atom is -0.325 e. The molecule has 1 amide bonds. The first-order valence-corrected chi connectivity index (χ1v) is 7.38. The van der Waals surface area contributed by atoms with Gasteiger partial charge in [-0.15, -0.1) is 0 Å². The van der Waals surface area contributed by atoms with Gasteiger partial charge in [-0.3, -0.25) is 4.79 Å². The number of nitrogens with one attached hydrogen (secondary N) is 1. The second kappa shape index (κ2) is 6.49. The summed E-state index contributed by atoms with van der Waals surface area (Å²) in [4.78, 5) is 16.2. The third kappa shape index (κ3) is 3.20. The molecular formula is C17H15N3OS. The van der Waals surface area contributed by atoms with Crippen molar-refractivity contribution in [2.24, 2.45) is 0 Å². The first-order valence-electron chi connectivity index (χ1n) is 6.86. The van der Waals surface area contributed by atoms with E-state index in [0.717, 1.165) is 16.9 Å². The predicted octanol–water partition coefficient (Wildman–Crippen LogP) is 3.48. The Morgan fingerprint density at radius 2 is 1.82 bits per heavy atom. The highest BCUT2D eigenvalue weighted by Crippen LogP contribution is 2.22. The second-order valence-corrected chi connectivity index (χ2v) is 5.34. The summed E-state index contributed by atoms with van der Waals surface area (Å²) in [5.41, 5.74) is 2.60. The lowest BCUT2D eigenvalue weighted by atomic mass is 10.1. The molecule has 3 aromatic rings. The first kappa shape index (κ1) is 14.4. The molecule has 2 aromatic carbocycles. The zero-order valence-electron chi connectivity index (χ0n) is 11.8. The van der Waals surface area contributed by atoms with E-state index in [1.165, 1.54) is 0 Å². The molecule has 1 unspecified atom stereocenters. The highest BCUT2D eigenvalue weighted by atomic mass is 32.1. The third-order valence-corrected chi connectivity index (χ3v) is 3.83. The first-order chi connectivity index (χ1) is 10.7. The number of thiol groups is 1. The van der Waals surface area contributed by atoms with Gasteiger partial charge in [-0.25, -0.2) is 4.98 Å². The molecule has 0 radical (unpaired) electrons. The Morgan fingerprint density at radius 3 is 2.45 bits per heavy atom. The lowest BCUT2D eigenvalue weighted by molar-refractivity contribution is -0.115. The molecule has 0 aliphatic carbocycles. The average Bonchev–Trinajstić information content (AvgIpc) is 3.10. The van der Waals surface area contributed by atoms with Crippen molar-refractivity contribution in [2.75, 3.05) is 5.32 Å². The number of benzene rings is 2. The molecule has 0 bridgehead atoms. The largest absolute Gasteiger partial charge is 0.325 e. The Kier molecular flexibility index (Phi) is 4.25. The lowest BCUT2D eigenvalue weighted by Crippen LogP contribution is -2.17. The van der Waals surface area contributed by atoms with Gasteiger partial charge in [-0.05, 0) is 29.8 Å². The molecule has 1 N–H and O–H groups in total. The topological polar surface area (TPSA) is 46.9 Å². The number of nitrogens with zero attached hydrogens (tertiary/aromatic N) is 2. The summed E-state index contributed by atoms with van der Waals surface area (Å²) in [6.45, 7) is 0. The van der Waals surface area contributed by atoms with E-state index in [1.54, 1.807) is 12.5 Å². The molecule has 110 valence electrons. The number of hydrogen-bond acceptors (Lipinski definition) is 3. The molecule has 0 saturated carbocycles. The molecule has 1 atom stereocenters. The van der Waals surface area contributed by atoms with Gasteiger partial charge >= 0.3 is 0 Å². The molecule has 0 aliphatic heterocycles. The Morgan fingerprint density at radius 1 is 1.09 bits per heavy atom. The number of carbonyl (C=O) groups is 1. The molecule has 0 spiro atoms. The lowest BCUT2D eigenvalue weighted by Gasteiger charge is -2.12. The summed E-state index contributed by atoms with van der Waals surface area (Å²) in [6, 6.07) is 17.0. The van der Waals surface area contributed by atoms with Crippen molar-refractivity contribution in [3.05, 3.63) is 78.9 Å². The maximum absolute atomic E-state index is 12.2. The molecule has 22 heavy (non-hydrogen) atoms. The molecule has 0 saturated heterocycles. The van der Waals surface area contributed by atoms with Gasteiger partial charge in [0.2, 0.25) is 5.91 Å². The predicted molar refractivity (Wildman–Crippen MR) is 90.4 cm³/mol. The molecule has 4 nitrogen and oxygen atoms in total. The normalized spacial score (nSPS) is 11.9. The quantitative estimate of drug-likeness (QED) is 0.725. The van der Waals surface area contributed by atoms with Crippen LogP contribution in [-0.2, 0) is 4.79 Å². The van der Waals surface area contributed by atoms with Crippen LogP contribution in [-0.4, -0.2) is 15.5 Å². The van der Waals surface area contributed by atoms with Gasteiger partial charge in [0.15, 0.2) is 0 Å². The van der Waals surface area contributed by atoms with Crippen LogP contribution in [0.5, 0.6) is 0 Å². The van der Waals surface area contributed by atoms with Gasteiger partial charge in [-0.2, -0.15) is 12.6 Å². The van der Waals surface area contributed by atoms with E-state index in [1.807, 2.05) is 65.4 Å². The molecule has 3 rings (SSSR count). The number of anilines is 1. The zero-order valence-corrected chi connectivity index (χ0v) is 12.6. The van der Waals surface area contributed by atoms with Crippen LogP contribution in [0.4, 0.5) is 5.69 Å². The van der Waals surface area contributed by atoms with Crippen LogP contribution in [0.25, 0.3) is 5.69 Å². The number of hydrogen-bond donors (Lipinski definition) is 2. The molecular weight excluding hydrogens is 294 g/mol. The van der Waals surface area contributed by atoms with Crippen molar-refractivity contribution in [1.82, 2.24) is 9.55 Å². The minimum absolute atomic E-state index is 0.148. The van der Waals surface area contributed by atoms with Crippen molar-refractivity contribution in [1.29, 1.82) is 0 Å². The smallest absolute Gasteiger partial charge is 0.241 e. The van der Waals surface area contributed by atoms with Gasteiger partial charge in [0.25, 0.3) is 0 Å². The van der Waals surface area contributed by atoms with Crippen LogP contribution < -0.4 is 5.32 Å². The Hall–Kier alpha value is -2.53. The van der Waals surface area contributed by atoms with Gasteiger partial charge in [0.05, 0.1) is 6.33 Å². The number of amides is 1. The summed E-state index contributed by atoms with van der Waals surface area (Å²) < 4.78 is 1.90. The van der Waals surface area contributed by atoms with Crippen LogP contribution in [0.15, 0.2) is 73.3 Å². The van der Waals surface area contributed by atoms with Crippen molar-refractivity contribution < 1.29 is 4.79 Å². The van der Waals surface area contributed by atoms with Gasteiger partial charge in [0.1, 0.15) is 5.25 Å². The van der Waals surface area contributed by atoms with E-state index >= 15 is 0 Å². The monoisotopic (exact) mass is 309 g/mol. The van der Waals surface area contributed by atoms with Crippen LogP contribution in [0.1, 0.15) is 10.8 Å². The van der Waals surface area contributed by atoms with E-state index in [0.29, 0.717) is 0 Å². The van der Waals surface area contributed by atoms with Crippen LogP contribution in [0.2, 0.25) is 0 Å². The highest BCUT2D eigenvalue weighted by Gasteiger charge is 2.15. The SMILES string of the molecule is O=C(Nc1ccc(-n2ccnc2)cc1)C(S)c1ccccc1. The van der Waals surface area contributed by atoms with Crippen molar-refractivity contribution in [3.8, 4) is 5.69 Å². The van der Waals surface area contributed by atoms with Crippen LogP contribution in [0, 0.1) is 0 Å². The van der Waals surface area contributed by atoms with Crippen molar-refractivity contribution >= 4 is 24.2 Å². The second-order valence-electron chi connectivity index (χ2n) is 4.82. The molecule has 5 heteroatoms. The van der Waals surface area contributed by atoms with Crippen molar-refractivity contribution in [2.45, 2.75) is 5.25 Å². The summed E-state index contributed by atoms with van der Waals surface area (Å²) >= 11 is 4.39. The Bertz CT molecular complexity index is 739. The van der Waals surface area contributed by atoms with E-state index < -0.39 is 5.25 Å². The fourth-order valence-electron chi connectivity index (χ4n) is 2.13. The fourth-order valence-corrected chi connectivity index (χ4v) is 2.36. The maximum Gasteiger partial charge on any atom is 0.241 e. The van der Waals surface area contributed by atoms with E-state index in [2.05, 4.69) is 22.9 Å². The molecule has 0 aliphatic rings. The summed E-state index contributed by atoms with van der Waals surface area (Å²) in [7, 11) is 0.